The highest BCUT2D eigenvalue weighted by Crippen LogP contribution is 2.29. The first kappa shape index (κ1) is 16.5. The average molecular weight is 327 g/mol. The summed E-state index contributed by atoms with van der Waals surface area (Å²) in [5.74, 6) is 0. The molecular formula is C16H27BrN2. The summed E-state index contributed by atoms with van der Waals surface area (Å²) >= 11 is 3.59. The van der Waals surface area contributed by atoms with Gasteiger partial charge in [-0.1, -0.05) is 48.7 Å². The van der Waals surface area contributed by atoms with Crippen LogP contribution >= 0.6 is 15.9 Å². The van der Waals surface area contributed by atoms with Gasteiger partial charge in [0.05, 0.1) is 0 Å². The van der Waals surface area contributed by atoms with Gasteiger partial charge in [0, 0.05) is 29.8 Å². The lowest BCUT2D eigenvalue weighted by Crippen LogP contribution is -2.24. The monoisotopic (exact) mass is 326 g/mol. The van der Waals surface area contributed by atoms with Gasteiger partial charge in [0.15, 0.2) is 0 Å². The van der Waals surface area contributed by atoms with E-state index >= 15 is 0 Å². The largest absolute Gasteiger partial charge is 0.374 e. The Morgan fingerprint density at radius 3 is 2.63 bits per heavy atom. The molecule has 0 radical (unpaired) electrons. The maximum Gasteiger partial charge on any atom is 0.0423 e. The molecule has 3 heteroatoms. The predicted molar refractivity (Wildman–Crippen MR) is 89.0 cm³/mol. The van der Waals surface area contributed by atoms with E-state index in [1.54, 1.807) is 0 Å². The third-order valence-electron chi connectivity index (χ3n) is 3.48. The predicted octanol–water partition coefficient (Wildman–Crippen LogP) is 4.75. The Labute approximate surface area is 126 Å². The fourth-order valence-electron chi connectivity index (χ4n) is 2.35. The highest BCUT2D eigenvalue weighted by Gasteiger charge is 2.13. The van der Waals surface area contributed by atoms with Gasteiger partial charge in [0.25, 0.3) is 0 Å². The van der Waals surface area contributed by atoms with Crippen LogP contribution in [-0.2, 0) is 0 Å². The summed E-state index contributed by atoms with van der Waals surface area (Å²) in [4.78, 5) is 2.38. The third kappa shape index (κ3) is 5.15. The molecular weight excluding hydrogens is 300 g/mol. The highest BCUT2D eigenvalue weighted by atomic mass is 79.9. The fourth-order valence-corrected chi connectivity index (χ4v) is 2.70. The molecule has 1 aromatic carbocycles. The standard InChI is InChI=1S/C16H27BrN2/c1-5-7-8-11-19(4)16-12-14(17)9-10-15(16)13(3)18-6-2/h9-10,12-13,18H,5-8,11H2,1-4H3. The first-order chi connectivity index (χ1) is 9.10. The number of halogens is 1. The van der Waals surface area contributed by atoms with Crippen LogP contribution in [-0.4, -0.2) is 20.1 Å². The molecule has 0 aromatic heterocycles. The second-order valence-electron chi connectivity index (χ2n) is 5.11. The Balaban J connectivity index is 2.86. The van der Waals surface area contributed by atoms with Crippen molar-refractivity contribution in [3.05, 3.63) is 28.2 Å². The Bertz CT molecular complexity index is 379. The van der Waals surface area contributed by atoms with Crippen molar-refractivity contribution in [2.75, 3.05) is 25.0 Å². The number of anilines is 1. The van der Waals surface area contributed by atoms with E-state index in [0.717, 1.165) is 17.6 Å². The molecule has 0 bridgehead atoms. The van der Waals surface area contributed by atoms with Crippen molar-refractivity contribution in [3.63, 3.8) is 0 Å². The first-order valence-corrected chi connectivity index (χ1v) is 8.13. The summed E-state index contributed by atoms with van der Waals surface area (Å²) in [5, 5.41) is 3.50. The maximum absolute atomic E-state index is 3.59. The first-order valence-electron chi connectivity index (χ1n) is 7.34. The van der Waals surface area contributed by atoms with E-state index in [1.165, 1.54) is 30.5 Å². The van der Waals surface area contributed by atoms with Gasteiger partial charge >= 0.3 is 0 Å². The quantitative estimate of drug-likeness (QED) is 0.694. The lowest BCUT2D eigenvalue weighted by molar-refractivity contribution is 0.595. The molecule has 0 aliphatic rings. The highest BCUT2D eigenvalue weighted by molar-refractivity contribution is 9.10. The van der Waals surface area contributed by atoms with Gasteiger partial charge in [-0.15, -0.1) is 0 Å². The van der Waals surface area contributed by atoms with E-state index in [0.29, 0.717) is 6.04 Å². The van der Waals surface area contributed by atoms with Crippen LogP contribution in [0.25, 0.3) is 0 Å². The van der Waals surface area contributed by atoms with E-state index in [-0.39, 0.29) is 0 Å². The minimum atomic E-state index is 0.390. The van der Waals surface area contributed by atoms with Gasteiger partial charge in [0.1, 0.15) is 0 Å². The number of hydrogen-bond donors (Lipinski definition) is 1. The molecule has 0 fully saturated rings. The van der Waals surface area contributed by atoms with E-state index in [9.17, 15) is 0 Å². The molecule has 19 heavy (non-hydrogen) atoms. The molecule has 1 atom stereocenters. The minimum absolute atomic E-state index is 0.390. The Morgan fingerprint density at radius 1 is 1.26 bits per heavy atom. The summed E-state index contributed by atoms with van der Waals surface area (Å²) in [6.07, 6.45) is 3.83. The van der Waals surface area contributed by atoms with Crippen molar-refractivity contribution in [1.29, 1.82) is 0 Å². The summed E-state index contributed by atoms with van der Waals surface area (Å²) in [6, 6.07) is 6.98. The SMILES string of the molecule is CCCCCN(C)c1cc(Br)ccc1C(C)NCC. The summed E-state index contributed by atoms with van der Waals surface area (Å²) in [6.45, 7) is 8.75. The van der Waals surface area contributed by atoms with Crippen LogP contribution in [0.3, 0.4) is 0 Å². The van der Waals surface area contributed by atoms with Crippen LogP contribution in [0.1, 0.15) is 51.6 Å². The number of nitrogens with zero attached hydrogens (tertiary/aromatic N) is 1. The van der Waals surface area contributed by atoms with Crippen molar-refractivity contribution < 1.29 is 0 Å². The Hall–Kier alpha value is -0.540. The maximum atomic E-state index is 3.59. The lowest BCUT2D eigenvalue weighted by atomic mass is 10.0. The van der Waals surface area contributed by atoms with E-state index in [2.05, 4.69) is 72.2 Å². The van der Waals surface area contributed by atoms with E-state index in [4.69, 9.17) is 0 Å². The molecule has 0 saturated carbocycles. The molecule has 0 amide bonds. The Kier molecular flexibility index (Phi) is 7.47. The van der Waals surface area contributed by atoms with Gasteiger partial charge in [-0.2, -0.15) is 0 Å². The minimum Gasteiger partial charge on any atom is -0.374 e. The summed E-state index contributed by atoms with van der Waals surface area (Å²) < 4.78 is 1.15. The molecule has 0 heterocycles. The molecule has 0 spiro atoms. The number of rotatable bonds is 8. The van der Waals surface area contributed by atoms with Crippen molar-refractivity contribution >= 4 is 21.6 Å². The van der Waals surface area contributed by atoms with Crippen LogP contribution in [0.4, 0.5) is 5.69 Å². The van der Waals surface area contributed by atoms with E-state index in [1.807, 2.05) is 0 Å². The molecule has 0 aliphatic carbocycles. The normalized spacial score (nSPS) is 12.5. The van der Waals surface area contributed by atoms with Crippen LogP contribution in [0.15, 0.2) is 22.7 Å². The zero-order valence-electron chi connectivity index (χ0n) is 12.7. The number of unbranched alkanes of at least 4 members (excludes halogenated alkanes) is 2. The van der Waals surface area contributed by atoms with Crippen molar-refractivity contribution in [3.8, 4) is 0 Å². The van der Waals surface area contributed by atoms with Gasteiger partial charge < -0.3 is 10.2 Å². The van der Waals surface area contributed by atoms with Crippen molar-refractivity contribution in [1.82, 2.24) is 5.32 Å². The number of hydrogen-bond acceptors (Lipinski definition) is 2. The van der Waals surface area contributed by atoms with Gasteiger partial charge in [-0.25, -0.2) is 0 Å². The second kappa shape index (κ2) is 8.60. The van der Waals surface area contributed by atoms with Crippen LogP contribution < -0.4 is 10.2 Å². The smallest absolute Gasteiger partial charge is 0.0423 e. The molecule has 2 nitrogen and oxygen atoms in total. The van der Waals surface area contributed by atoms with Gasteiger partial charge in [0.2, 0.25) is 0 Å². The van der Waals surface area contributed by atoms with Crippen LogP contribution in [0.5, 0.6) is 0 Å². The zero-order chi connectivity index (χ0) is 14.3. The topological polar surface area (TPSA) is 15.3 Å². The number of benzene rings is 1. The Morgan fingerprint density at radius 2 is 2.00 bits per heavy atom. The van der Waals surface area contributed by atoms with Crippen molar-refractivity contribution in [2.45, 2.75) is 46.1 Å². The molecule has 108 valence electrons. The summed E-state index contributed by atoms with van der Waals surface area (Å²) in [5.41, 5.74) is 2.71. The van der Waals surface area contributed by atoms with Gasteiger partial charge in [-0.05, 0) is 37.6 Å². The van der Waals surface area contributed by atoms with Crippen molar-refractivity contribution in [2.24, 2.45) is 0 Å². The lowest BCUT2D eigenvalue weighted by Gasteiger charge is -2.26. The van der Waals surface area contributed by atoms with Gasteiger partial charge in [-0.3, -0.25) is 0 Å². The molecule has 0 saturated heterocycles. The molecule has 1 rings (SSSR count). The molecule has 1 aromatic rings. The average Bonchev–Trinajstić information content (AvgIpc) is 2.39. The number of nitrogens with one attached hydrogen (secondary N) is 1. The van der Waals surface area contributed by atoms with Crippen LogP contribution in [0.2, 0.25) is 0 Å². The fraction of sp³-hybridized carbons (Fsp3) is 0.625. The molecule has 0 aliphatic heterocycles. The third-order valence-corrected chi connectivity index (χ3v) is 3.97. The zero-order valence-corrected chi connectivity index (χ0v) is 14.3. The van der Waals surface area contributed by atoms with Crippen LogP contribution in [0, 0.1) is 0 Å². The molecule has 1 N–H and O–H groups in total. The van der Waals surface area contributed by atoms with E-state index < -0.39 is 0 Å². The summed E-state index contributed by atoms with van der Waals surface area (Å²) in [7, 11) is 2.19. The second-order valence-corrected chi connectivity index (χ2v) is 6.03. The molecule has 1 unspecified atom stereocenters.